The molecule has 0 aliphatic rings. The maximum absolute atomic E-state index is 12.2. The molecule has 2 rings (SSSR count). The van der Waals surface area contributed by atoms with Crippen molar-refractivity contribution in [1.29, 1.82) is 0 Å². The van der Waals surface area contributed by atoms with Crippen molar-refractivity contribution in [2.24, 2.45) is 0 Å². The highest BCUT2D eigenvalue weighted by Crippen LogP contribution is 2.29. The van der Waals surface area contributed by atoms with Gasteiger partial charge >= 0.3 is 0 Å². The maximum Gasteiger partial charge on any atom is 0.292 e. The molecule has 132 valence electrons. The van der Waals surface area contributed by atoms with Crippen LogP contribution in [0.5, 0.6) is 0 Å². The van der Waals surface area contributed by atoms with Crippen LogP contribution >= 0.6 is 0 Å². The molecule has 25 heavy (non-hydrogen) atoms. The van der Waals surface area contributed by atoms with Crippen LogP contribution in [0.2, 0.25) is 0 Å². The van der Waals surface area contributed by atoms with Gasteiger partial charge in [-0.3, -0.25) is 14.9 Å². The Balaban J connectivity index is 1.96. The Morgan fingerprint density at radius 1 is 1.04 bits per heavy atom. The highest BCUT2D eigenvalue weighted by Gasteiger charge is 2.18. The van der Waals surface area contributed by atoms with Crippen molar-refractivity contribution in [3.05, 3.63) is 64.2 Å². The normalized spacial score (nSPS) is 11.0. The Morgan fingerprint density at radius 3 is 2.28 bits per heavy atom. The van der Waals surface area contributed by atoms with E-state index in [4.69, 9.17) is 0 Å². The van der Waals surface area contributed by atoms with Crippen LogP contribution in [0.4, 0.5) is 17.1 Å². The highest BCUT2D eigenvalue weighted by molar-refractivity contribution is 5.92. The number of benzene rings is 2. The molecule has 0 bridgehead atoms. The fourth-order valence-corrected chi connectivity index (χ4v) is 2.55. The summed E-state index contributed by atoms with van der Waals surface area (Å²) in [4.78, 5) is 22.8. The van der Waals surface area contributed by atoms with Gasteiger partial charge in [0.25, 0.3) is 5.69 Å². The number of rotatable bonds is 6. The first kappa shape index (κ1) is 18.4. The standard InChI is InChI=1S/C19H23N3O3/c1-19(2,3)14-8-4-5-9-15(14)21-18(23)12-13-20-16-10-6-7-11-17(16)22(24)25/h4-11,20H,12-13H2,1-3H3,(H,21,23). The summed E-state index contributed by atoms with van der Waals surface area (Å²) in [5, 5.41) is 16.9. The van der Waals surface area contributed by atoms with Gasteiger partial charge in [0.2, 0.25) is 5.91 Å². The average molecular weight is 341 g/mol. The van der Waals surface area contributed by atoms with Crippen LogP contribution in [0.25, 0.3) is 0 Å². The predicted octanol–water partition coefficient (Wildman–Crippen LogP) is 4.33. The fourth-order valence-electron chi connectivity index (χ4n) is 2.55. The number of nitrogens with one attached hydrogen (secondary N) is 2. The summed E-state index contributed by atoms with van der Waals surface area (Å²) in [5.41, 5.74) is 2.20. The minimum atomic E-state index is -0.442. The molecule has 0 spiro atoms. The molecule has 0 atom stereocenters. The van der Waals surface area contributed by atoms with Gasteiger partial charge in [-0.1, -0.05) is 51.1 Å². The van der Waals surface area contributed by atoms with Gasteiger partial charge < -0.3 is 10.6 Å². The number of hydrogen-bond acceptors (Lipinski definition) is 4. The topological polar surface area (TPSA) is 84.3 Å². The predicted molar refractivity (Wildman–Crippen MR) is 100.0 cm³/mol. The van der Waals surface area contributed by atoms with Crippen LogP contribution in [0, 0.1) is 10.1 Å². The number of amides is 1. The van der Waals surface area contributed by atoms with Crippen molar-refractivity contribution >= 4 is 23.0 Å². The lowest BCUT2D eigenvalue weighted by Gasteiger charge is -2.23. The van der Waals surface area contributed by atoms with E-state index in [0.29, 0.717) is 12.2 Å². The summed E-state index contributed by atoms with van der Waals surface area (Å²) < 4.78 is 0. The Morgan fingerprint density at radius 2 is 1.64 bits per heavy atom. The zero-order valence-electron chi connectivity index (χ0n) is 14.7. The second-order valence-corrected chi connectivity index (χ2v) is 6.79. The van der Waals surface area contributed by atoms with Gasteiger partial charge in [-0.05, 0) is 23.1 Å². The Labute approximate surface area is 147 Å². The third-order valence-corrected chi connectivity index (χ3v) is 3.78. The maximum atomic E-state index is 12.2. The summed E-state index contributed by atoms with van der Waals surface area (Å²) in [5.74, 6) is -0.136. The molecule has 2 N–H and O–H groups in total. The Hall–Kier alpha value is -2.89. The van der Waals surface area contributed by atoms with E-state index in [-0.39, 0.29) is 23.4 Å². The Bertz CT molecular complexity index is 767. The number of para-hydroxylation sites is 3. The molecular weight excluding hydrogens is 318 g/mol. The van der Waals surface area contributed by atoms with E-state index in [9.17, 15) is 14.9 Å². The number of anilines is 2. The first-order chi connectivity index (χ1) is 11.8. The third-order valence-electron chi connectivity index (χ3n) is 3.78. The lowest BCUT2D eigenvalue weighted by molar-refractivity contribution is -0.384. The van der Waals surface area contributed by atoms with Gasteiger partial charge in [-0.25, -0.2) is 0 Å². The molecule has 0 aromatic heterocycles. The fraction of sp³-hybridized carbons (Fsp3) is 0.316. The first-order valence-corrected chi connectivity index (χ1v) is 8.15. The van der Waals surface area contributed by atoms with E-state index in [1.54, 1.807) is 18.2 Å². The van der Waals surface area contributed by atoms with Gasteiger partial charge in [0.1, 0.15) is 5.69 Å². The van der Waals surface area contributed by atoms with E-state index < -0.39 is 4.92 Å². The number of carbonyl (C=O) groups excluding carboxylic acids is 1. The van der Waals surface area contributed by atoms with Crippen LogP contribution in [0.15, 0.2) is 48.5 Å². The molecule has 0 radical (unpaired) electrons. The molecule has 2 aromatic carbocycles. The summed E-state index contributed by atoms with van der Waals surface area (Å²) in [6.07, 6.45) is 0.213. The van der Waals surface area contributed by atoms with Gasteiger partial charge in [0.15, 0.2) is 0 Å². The Kier molecular flexibility index (Phi) is 5.75. The van der Waals surface area contributed by atoms with E-state index in [1.165, 1.54) is 6.07 Å². The molecular formula is C19H23N3O3. The molecule has 2 aromatic rings. The molecule has 0 fully saturated rings. The minimum Gasteiger partial charge on any atom is -0.379 e. The molecule has 6 heteroatoms. The summed E-state index contributed by atoms with van der Waals surface area (Å²) in [7, 11) is 0. The molecule has 0 heterocycles. The second-order valence-electron chi connectivity index (χ2n) is 6.79. The lowest BCUT2D eigenvalue weighted by atomic mass is 9.86. The van der Waals surface area contributed by atoms with Crippen molar-refractivity contribution in [2.45, 2.75) is 32.6 Å². The smallest absolute Gasteiger partial charge is 0.292 e. The van der Waals surface area contributed by atoms with Gasteiger partial charge in [-0.2, -0.15) is 0 Å². The molecule has 0 saturated heterocycles. The number of nitrogens with zero attached hydrogens (tertiary/aromatic N) is 1. The molecule has 1 amide bonds. The number of nitro groups is 1. The largest absolute Gasteiger partial charge is 0.379 e. The second kappa shape index (κ2) is 7.79. The summed E-state index contributed by atoms with van der Waals surface area (Å²) >= 11 is 0. The van der Waals surface area contributed by atoms with Crippen LogP contribution in [-0.2, 0) is 10.2 Å². The number of hydrogen-bond donors (Lipinski definition) is 2. The minimum absolute atomic E-state index is 0.000913. The van der Waals surface area contributed by atoms with E-state index in [1.807, 2.05) is 24.3 Å². The first-order valence-electron chi connectivity index (χ1n) is 8.15. The van der Waals surface area contributed by atoms with Crippen molar-refractivity contribution in [1.82, 2.24) is 0 Å². The van der Waals surface area contributed by atoms with Crippen LogP contribution in [-0.4, -0.2) is 17.4 Å². The summed E-state index contributed by atoms with van der Waals surface area (Å²) in [6, 6.07) is 14.1. The SMILES string of the molecule is CC(C)(C)c1ccccc1NC(=O)CCNc1ccccc1[N+](=O)[O-]. The van der Waals surface area contributed by atoms with Gasteiger partial charge in [0.05, 0.1) is 4.92 Å². The highest BCUT2D eigenvalue weighted by atomic mass is 16.6. The van der Waals surface area contributed by atoms with Gasteiger partial charge in [0, 0.05) is 24.7 Å². The zero-order valence-corrected chi connectivity index (χ0v) is 14.7. The quantitative estimate of drug-likeness (QED) is 0.605. The number of nitro benzene ring substituents is 1. The molecule has 6 nitrogen and oxygen atoms in total. The monoisotopic (exact) mass is 341 g/mol. The van der Waals surface area contributed by atoms with Crippen LogP contribution in [0.1, 0.15) is 32.8 Å². The van der Waals surface area contributed by atoms with E-state index >= 15 is 0 Å². The third kappa shape index (κ3) is 5.04. The van der Waals surface area contributed by atoms with E-state index in [0.717, 1.165) is 11.3 Å². The van der Waals surface area contributed by atoms with Crippen LogP contribution < -0.4 is 10.6 Å². The van der Waals surface area contributed by atoms with Crippen molar-refractivity contribution in [3.63, 3.8) is 0 Å². The van der Waals surface area contributed by atoms with Crippen LogP contribution in [0.3, 0.4) is 0 Å². The zero-order chi connectivity index (χ0) is 18.4. The summed E-state index contributed by atoms with van der Waals surface area (Å²) in [6.45, 7) is 6.59. The van der Waals surface area contributed by atoms with Gasteiger partial charge in [-0.15, -0.1) is 0 Å². The van der Waals surface area contributed by atoms with Crippen molar-refractivity contribution in [2.75, 3.05) is 17.2 Å². The lowest BCUT2D eigenvalue weighted by Crippen LogP contribution is -2.20. The molecule has 0 unspecified atom stereocenters. The average Bonchev–Trinajstić information content (AvgIpc) is 2.54. The van der Waals surface area contributed by atoms with Crippen molar-refractivity contribution in [3.8, 4) is 0 Å². The molecule has 0 aliphatic heterocycles. The number of carbonyl (C=O) groups is 1. The van der Waals surface area contributed by atoms with E-state index in [2.05, 4.69) is 31.4 Å². The molecule has 0 aliphatic carbocycles. The molecule has 0 saturated carbocycles. The van der Waals surface area contributed by atoms with Crippen molar-refractivity contribution < 1.29 is 9.72 Å².